The van der Waals surface area contributed by atoms with Gasteiger partial charge in [-0.1, -0.05) is 6.42 Å². The summed E-state index contributed by atoms with van der Waals surface area (Å²) in [6, 6.07) is 0.828. The fraction of sp³-hybridized carbons (Fsp3) is 1.00. The predicted octanol–water partition coefficient (Wildman–Crippen LogP) is 0.908. The number of likely N-dealkylation sites (N-methyl/N-ethyl adjacent to an activating group) is 1. The summed E-state index contributed by atoms with van der Waals surface area (Å²) < 4.78 is 0. The zero-order valence-corrected chi connectivity index (χ0v) is 10.5. The van der Waals surface area contributed by atoms with Crippen LogP contribution in [0.25, 0.3) is 0 Å². The summed E-state index contributed by atoms with van der Waals surface area (Å²) in [6.07, 6.45) is 7.05. The van der Waals surface area contributed by atoms with Gasteiger partial charge in [0.1, 0.15) is 0 Å². The average Bonchev–Trinajstić information content (AvgIpc) is 2.30. The number of nitrogens with zero attached hydrogens (tertiary/aromatic N) is 2. The van der Waals surface area contributed by atoms with Crippen molar-refractivity contribution < 1.29 is 0 Å². The van der Waals surface area contributed by atoms with Crippen molar-refractivity contribution in [1.82, 2.24) is 15.1 Å². The van der Waals surface area contributed by atoms with E-state index < -0.39 is 0 Å². The molecule has 3 nitrogen and oxygen atoms in total. The molecule has 2 unspecified atom stereocenters. The molecule has 3 heteroatoms. The highest BCUT2D eigenvalue weighted by molar-refractivity contribution is 5.04. The molecule has 3 heterocycles. The Kier molecular flexibility index (Phi) is 2.94. The molecule has 0 aromatic heterocycles. The summed E-state index contributed by atoms with van der Waals surface area (Å²) in [5.41, 5.74) is 0.469. The quantitative estimate of drug-likeness (QED) is 0.658. The van der Waals surface area contributed by atoms with Crippen LogP contribution < -0.4 is 5.32 Å². The number of piperazine rings is 1. The van der Waals surface area contributed by atoms with Crippen molar-refractivity contribution in [2.45, 2.75) is 43.7 Å². The van der Waals surface area contributed by atoms with Crippen LogP contribution in [-0.2, 0) is 0 Å². The molecule has 3 aliphatic heterocycles. The molecule has 3 rings (SSSR count). The van der Waals surface area contributed by atoms with E-state index in [9.17, 15) is 0 Å². The van der Waals surface area contributed by atoms with Crippen LogP contribution in [-0.4, -0.2) is 61.2 Å². The first-order valence-corrected chi connectivity index (χ1v) is 6.96. The molecule has 0 aromatic rings. The van der Waals surface area contributed by atoms with Crippen LogP contribution in [0.2, 0.25) is 0 Å². The lowest BCUT2D eigenvalue weighted by Gasteiger charge is -2.56. The first-order chi connectivity index (χ1) is 7.80. The smallest absolute Gasteiger partial charge is 0.0464 e. The highest BCUT2D eigenvalue weighted by atomic mass is 15.3. The van der Waals surface area contributed by atoms with Gasteiger partial charge in [-0.2, -0.15) is 0 Å². The number of hydrogen-bond acceptors (Lipinski definition) is 3. The molecule has 3 saturated heterocycles. The Labute approximate surface area is 99.2 Å². The van der Waals surface area contributed by atoms with Gasteiger partial charge in [0, 0.05) is 31.2 Å². The van der Waals surface area contributed by atoms with E-state index in [1.54, 1.807) is 0 Å². The van der Waals surface area contributed by atoms with Crippen LogP contribution in [0.5, 0.6) is 0 Å². The summed E-state index contributed by atoms with van der Waals surface area (Å²) in [6.45, 7) is 6.36. The number of piperidine rings is 2. The summed E-state index contributed by atoms with van der Waals surface area (Å²) in [4.78, 5) is 5.39. The fourth-order valence-electron chi connectivity index (χ4n) is 4.13. The third-order valence-corrected chi connectivity index (χ3v) is 4.82. The molecule has 3 aliphatic rings. The summed E-state index contributed by atoms with van der Waals surface area (Å²) >= 11 is 0. The van der Waals surface area contributed by atoms with Gasteiger partial charge in [-0.15, -0.1) is 0 Å². The molecule has 0 saturated carbocycles. The van der Waals surface area contributed by atoms with Crippen LogP contribution in [0.3, 0.4) is 0 Å². The fourth-order valence-corrected chi connectivity index (χ4v) is 4.13. The average molecular weight is 223 g/mol. The lowest BCUT2D eigenvalue weighted by molar-refractivity contribution is -0.0476. The van der Waals surface area contributed by atoms with E-state index >= 15 is 0 Å². The largest absolute Gasteiger partial charge is 0.313 e. The van der Waals surface area contributed by atoms with Gasteiger partial charge >= 0.3 is 0 Å². The number of nitrogens with one attached hydrogen (secondary N) is 1. The second-order valence-electron chi connectivity index (χ2n) is 6.04. The Morgan fingerprint density at radius 2 is 2.12 bits per heavy atom. The van der Waals surface area contributed by atoms with Crippen molar-refractivity contribution in [1.29, 1.82) is 0 Å². The SMILES string of the molecule is CN1CCCC2(CNCC3CCCCN32)C1. The van der Waals surface area contributed by atoms with E-state index in [-0.39, 0.29) is 0 Å². The van der Waals surface area contributed by atoms with Gasteiger partial charge in [-0.3, -0.25) is 4.90 Å². The predicted molar refractivity (Wildman–Crippen MR) is 66.7 cm³/mol. The molecule has 0 bridgehead atoms. The second-order valence-corrected chi connectivity index (χ2v) is 6.04. The maximum absolute atomic E-state index is 3.70. The van der Waals surface area contributed by atoms with E-state index in [1.807, 2.05) is 0 Å². The highest BCUT2D eigenvalue weighted by Gasteiger charge is 2.45. The van der Waals surface area contributed by atoms with Gasteiger partial charge in [0.15, 0.2) is 0 Å². The molecule has 92 valence electrons. The standard InChI is InChI=1S/C13H25N3/c1-15-7-4-6-13(11-15)10-14-9-12-5-2-3-8-16(12)13/h12,14H,2-11H2,1H3. The van der Waals surface area contributed by atoms with Crippen molar-refractivity contribution in [3.8, 4) is 0 Å². The second kappa shape index (κ2) is 4.28. The zero-order chi connectivity index (χ0) is 11.0. The van der Waals surface area contributed by atoms with Gasteiger partial charge in [-0.25, -0.2) is 0 Å². The van der Waals surface area contributed by atoms with E-state index in [0.717, 1.165) is 6.04 Å². The first-order valence-electron chi connectivity index (χ1n) is 6.96. The molecular formula is C13H25N3. The van der Waals surface area contributed by atoms with Crippen LogP contribution in [0.4, 0.5) is 0 Å². The van der Waals surface area contributed by atoms with Crippen LogP contribution in [0.1, 0.15) is 32.1 Å². The molecule has 2 atom stereocenters. The molecule has 16 heavy (non-hydrogen) atoms. The van der Waals surface area contributed by atoms with Gasteiger partial charge in [0.25, 0.3) is 0 Å². The van der Waals surface area contributed by atoms with Gasteiger partial charge in [0.2, 0.25) is 0 Å². The highest BCUT2D eigenvalue weighted by Crippen LogP contribution is 2.34. The number of hydrogen-bond donors (Lipinski definition) is 1. The first kappa shape index (κ1) is 11.0. The Hall–Kier alpha value is -0.120. The van der Waals surface area contributed by atoms with Crippen LogP contribution in [0, 0.1) is 0 Å². The third kappa shape index (κ3) is 1.79. The maximum atomic E-state index is 3.70. The number of rotatable bonds is 0. The molecule has 0 aliphatic carbocycles. The van der Waals surface area contributed by atoms with E-state index in [0.29, 0.717) is 5.54 Å². The van der Waals surface area contributed by atoms with Gasteiger partial charge in [0.05, 0.1) is 0 Å². The lowest BCUT2D eigenvalue weighted by atomic mass is 9.81. The normalized spacial score (nSPS) is 42.2. The van der Waals surface area contributed by atoms with E-state index in [2.05, 4.69) is 22.2 Å². The molecule has 3 fully saturated rings. The number of fused-ring (bicyclic) bond motifs is 2. The molecule has 0 radical (unpaired) electrons. The molecule has 0 aromatic carbocycles. The third-order valence-electron chi connectivity index (χ3n) is 4.82. The van der Waals surface area contributed by atoms with Crippen LogP contribution >= 0.6 is 0 Å². The monoisotopic (exact) mass is 223 g/mol. The zero-order valence-electron chi connectivity index (χ0n) is 10.5. The van der Waals surface area contributed by atoms with Crippen LogP contribution in [0.15, 0.2) is 0 Å². The Morgan fingerprint density at radius 3 is 3.00 bits per heavy atom. The molecule has 0 amide bonds. The minimum atomic E-state index is 0.469. The topological polar surface area (TPSA) is 18.5 Å². The van der Waals surface area contributed by atoms with Crippen molar-refractivity contribution in [3.05, 3.63) is 0 Å². The molecule has 1 spiro atoms. The molecule has 1 N–H and O–H groups in total. The molecular weight excluding hydrogens is 198 g/mol. The van der Waals surface area contributed by atoms with Crippen molar-refractivity contribution in [3.63, 3.8) is 0 Å². The van der Waals surface area contributed by atoms with Crippen molar-refractivity contribution >= 4 is 0 Å². The van der Waals surface area contributed by atoms with Crippen molar-refractivity contribution in [2.24, 2.45) is 0 Å². The van der Waals surface area contributed by atoms with Gasteiger partial charge < -0.3 is 10.2 Å². The lowest BCUT2D eigenvalue weighted by Crippen LogP contribution is -2.71. The summed E-state index contributed by atoms with van der Waals surface area (Å²) in [5, 5.41) is 3.70. The van der Waals surface area contributed by atoms with E-state index in [4.69, 9.17) is 0 Å². The Morgan fingerprint density at radius 1 is 1.19 bits per heavy atom. The van der Waals surface area contributed by atoms with Crippen molar-refractivity contribution in [2.75, 3.05) is 39.8 Å². The van der Waals surface area contributed by atoms with E-state index in [1.165, 1.54) is 64.8 Å². The Balaban J connectivity index is 1.80. The van der Waals surface area contributed by atoms with Gasteiger partial charge in [-0.05, 0) is 45.8 Å². The summed E-state index contributed by atoms with van der Waals surface area (Å²) in [5.74, 6) is 0. The maximum Gasteiger partial charge on any atom is 0.0464 e. The Bertz CT molecular complexity index is 250. The number of likely N-dealkylation sites (tertiary alicyclic amines) is 1. The minimum Gasteiger partial charge on any atom is -0.313 e. The summed E-state index contributed by atoms with van der Waals surface area (Å²) in [7, 11) is 2.29. The minimum absolute atomic E-state index is 0.469.